The number of nitrogens with one attached hydrogen (secondary N) is 1. The van der Waals surface area contributed by atoms with Crippen molar-refractivity contribution in [1.82, 2.24) is 19.7 Å². The number of carboxylic acid groups (broad SMARTS) is 1. The quantitative estimate of drug-likeness (QED) is 0.300. The molecule has 0 atom stereocenters. The van der Waals surface area contributed by atoms with Crippen molar-refractivity contribution in [3.63, 3.8) is 0 Å². The molecule has 9 nitrogen and oxygen atoms in total. The zero-order valence-corrected chi connectivity index (χ0v) is 17.1. The molecule has 0 saturated heterocycles. The van der Waals surface area contributed by atoms with E-state index in [0.29, 0.717) is 21.3 Å². The molecule has 0 aliphatic carbocycles. The van der Waals surface area contributed by atoms with Crippen LogP contribution >= 0.6 is 23.4 Å². The Morgan fingerprint density at radius 2 is 2.00 bits per heavy atom. The summed E-state index contributed by atoms with van der Waals surface area (Å²) in [6.07, 6.45) is 1.81. The van der Waals surface area contributed by atoms with E-state index in [0.717, 1.165) is 28.2 Å². The van der Waals surface area contributed by atoms with Crippen LogP contribution in [0.4, 0.5) is 5.69 Å². The summed E-state index contributed by atoms with van der Waals surface area (Å²) >= 11 is 7.31. The molecular formula is C19H15ClN5O4S+. The lowest BCUT2D eigenvalue weighted by molar-refractivity contribution is -0.729. The summed E-state index contributed by atoms with van der Waals surface area (Å²) in [5.41, 5.74) is 2.89. The molecule has 0 aliphatic heterocycles. The Kier molecular flexibility index (Phi) is 5.18. The first-order valence-electron chi connectivity index (χ1n) is 8.65. The molecule has 0 fully saturated rings. The first-order valence-corrected chi connectivity index (χ1v) is 10.0. The Morgan fingerprint density at radius 1 is 1.23 bits per heavy atom. The van der Waals surface area contributed by atoms with Gasteiger partial charge < -0.3 is 9.67 Å². The monoisotopic (exact) mass is 444 g/mol. The van der Waals surface area contributed by atoms with Crippen LogP contribution in [-0.4, -0.2) is 46.7 Å². The van der Waals surface area contributed by atoms with Crippen LogP contribution in [0.2, 0.25) is 5.02 Å². The molecule has 0 saturated carbocycles. The van der Waals surface area contributed by atoms with Crippen molar-refractivity contribution in [2.24, 2.45) is 7.05 Å². The number of rotatable bonds is 6. The molecule has 2 heterocycles. The summed E-state index contributed by atoms with van der Waals surface area (Å²) < 4.78 is 1.92. The number of aromatic nitrogens is 4. The van der Waals surface area contributed by atoms with Gasteiger partial charge in [-0.3, -0.25) is 9.89 Å². The van der Waals surface area contributed by atoms with Gasteiger partial charge in [0.25, 0.3) is 4.92 Å². The lowest BCUT2D eigenvalue weighted by Gasteiger charge is -2.05. The minimum atomic E-state index is -0.973. The van der Waals surface area contributed by atoms with Gasteiger partial charge in [-0.05, 0) is 29.3 Å². The molecule has 0 bridgehead atoms. The lowest BCUT2D eigenvalue weighted by Crippen LogP contribution is -1.97. The second-order valence-electron chi connectivity index (χ2n) is 6.51. The molecular weight excluding hydrogens is 430 g/mol. The van der Waals surface area contributed by atoms with Crippen molar-refractivity contribution in [2.75, 3.05) is 5.75 Å². The average molecular weight is 445 g/mol. The van der Waals surface area contributed by atoms with Gasteiger partial charge in [-0.1, -0.05) is 29.4 Å². The predicted molar refractivity (Wildman–Crippen MR) is 112 cm³/mol. The van der Waals surface area contributed by atoms with E-state index in [4.69, 9.17) is 16.7 Å². The first kappa shape index (κ1) is 19.9. The van der Waals surface area contributed by atoms with Crippen LogP contribution in [-0.2, 0) is 11.8 Å². The minimum absolute atomic E-state index is 0.00583. The van der Waals surface area contributed by atoms with Crippen molar-refractivity contribution in [2.45, 2.75) is 5.16 Å². The van der Waals surface area contributed by atoms with E-state index >= 15 is 0 Å². The van der Waals surface area contributed by atoms with Crippen molar-refractivity contribution in [3.05, 3.63) is 52.5 Å². The number of aromatic amines is 1. The number of H-pyrrole nitrogens is 1. The highest BCUT2D eigenvalue weighted by Gasteiger charge is 2.19. The van der Waals surface area contributed by atoms with Crippen LogP contribution in [0.5, 0.6) is 0 Å². The summed E-state index contributed by atoms with van der Waals surface area (Å²) in [5, 5.41) is 26.8. The Bertz CT molecular complexity index is 1300. The number of hydrogen-bond donors (Lipinski definition) is 3. The SMILES string of the molecule is Cn1cc(Cl)c2cc(-c3cc(-c4n[nH]c(SCC(=O)O)n4)cc([N+](=O)O)c3)ccc21. The summed E-state index contributed by atoms with van der Waals surface area (Å²) in [4.78, 5) is 26.4. The second-order valence-corrected chi connectivity index (χ2v) is 7.88. The molecule has 0 unspecified atom stereocenters. The molecule has 2 aromatic heterocycles. The van der Waals surface area contributed by atoms with Crippen LogP contribution in [0.3, 0.4) is 0 Å². The number of aliphatic carboxylic acids is 1. The number of aryl methyl sites for hydroxylation is 1. The highest BCUT2D eigenvalue weighted by atomic mass is 35.5. The molecule has 4 rings (SSSR count). The first-order chi connectivity index (χ1) is 14.3. The van der Waals surface area contributed by atoms with Gasteiger partial charge in [0.05, 0.1) is 15.7 Å². The number of carbonyl (C=O) groups is 1. The van der Waals surface area contributed by atoms with E-state index in [1.54, 1.807) is 12.1 Å². The predicted octanol–water partition coefficient (Wildman–Crippen LogP) is 4.26. The summed E-state index contributed by atoms with van der Waals surface area (Å²) in [7, 11) is 1.90. The van der Waals surface area contributed by atoms with Crippen molar-refractivity contribution in [3.8, 4) is 22.5 Å². The van der Waals surface area contributed by atoms with Gasteiger partial charge in [0, 0.05) is 41.8 Å². The molecule has 11 heteroatoms. The maximum atomic E-state index is 11.6. The molecule has 3 N–H and O–H groups in total. The Hall–Kier alpha value is -3.37. The molecule has 0 amide bonds. The van der Waals surface area contributed by atoms with Crippen LogP contribution in [0.15, 0.2) is 47.8 Å². The molecule has 4 aromatic rings. The number of benzene rings is 2. The van der Waals surface area contributed by atoms with E-state index in [2.05, 4.69) is 15.2 Å². The number of hydrogen-bond acceptors (Lipinski definition) is 5. The zero-order valence-electron chi connectivity index (χ0n) is 15.5. The summed E-state index contributed by atoms with van der Waals surface area (Å²) in [6.45, 7) is 0. The largest absolute Gasteiger partial charge is 0.481 e. The fourth-order valence-corrected chi connectivity index (χ4v) is 3.93. The standard InChI is InChI=1S/C19H14ClN5O4S/c1-24-8-15(20)14-7-10(2-3-16(14)24)11-4-12(6-13(5-11)25(28)29)18-21-19(23-22-18)30-9-17(26)27/h2-8H,9H2,1H3,(H2-,21,22,23,26,27,28,29)/p+1. The number of fused-ring (bicyclic) bond motifs is 1. The number of halogens is 1. The highest BCUT2D eigenvalue weighted by molar-refractivity contribution is 7.99. The van der Waals surface area contributed by atoms with E-state index in [1.165, 1.54) is 6.07 Å². The molecule has 0 aliphatic rings. The number of nitrogens with zero attached hydrogens (tertiary/aromatic N) is 4. The minimum Gasteiger partial charge on any atom is -0.481 e. The summed E-state index contributed by atoms with van der Waals surface area (Å²) in [5.74, 6) is -0.867. The third kappa shape index (κ3) is 3.87. The third-order valence-corrected chi connectivity index (χ3v) is 5.62. The average Bonchev–Trinajstić information content (AvgIpc) is 3.30. The Morgan fingerprint density at radius 3 is 2.73 bits per heavy atom. The second kappa shape index (κ2) is 7.81. The lowest BCUT2D eigenvalue weighted by atomic mass is 10.0. The van der Waals surface area contributed by atoms with Crippen LogP contribution < -0.4 is 0 Å². The Labute approximate surface area is 178 Å². The topological polar surface area (TPSA) is 124 Å². The molecule has 2 aromatic carbocycles. The van der Waals surface area contributed by atoms with Gasteiger partial charge in [0.1, 0.15) is 0 Å². The van der Waals surface area contributed by atoms with Crippen LogP contribution in [0.25, 0.3) is 33.4 Å². The van der Waals surface area contributed by atoms with E-state index in [1.807, 2.05) is 36.0 Å². The normalized spacial score (nSPS) is 11.1. The summed E-state index contributed by atoms with van der Waals surface area (Å²) in [6, 6.07) is 10.5. The van der Waals surface area contributed by atoms with Gasteiger partial charge in [0.15, 0.2) is 11.0 Å². The van der Waals surface area contributed by atoms with Gasteiger partial charge >= 0.3 is 11.7 Å². The van der Waals surface area contributed by atoms with E-state index < -0.39 is 5.97 Å². The molecule has 0 radical (unpaired) electrons. The van der Waals surface area contributed by atoms with Gasteiger partial charge in [-0.25, -0.2) is 10.2 Å². The fourth-order valence-electron chi connectivity index (χ4n) is 3.11. The van der Waals surface area contributed by atoms with Crippen molar-refractivity contribution < 1.29 is 20.0 Å². The third-order valence-electron chi connectivity index (χ3n) is 4.47. The maximum absolute atomic E-state index is 11.6. The number of carboxylic acids is 1. The van der Waals surface area contributed by atoms with Gasteiger partial charge in [-0.15, -0.1) is 0 Å². The number of thioether (sulfide) groups is 1. The zero-order chi connectivity index (χ0) is 21.4. The fraction of sp³-hybridized carbons (Fsp3) is 0.105. The molecule has 152 valence electrons. The van der Waals surface area contributed by atoms with Crippen LogP contribution in [0.1, 0.15) is 0 Å². The van der Waals surface area contributed by atoms with E-state index in [-0.39, 0.29) is 22.2 Å². The smallest absolute Gasteiger partial charge is 0.317 e. The van der Waals surface area contributed by atoms with Crippen molar-refractivity contribution >= 4 is 45.9 Å². The van der Waals surface area contributed by atoms with E-state index in [9.17, 15) is 14.9 Å². The van der Waals surface area contributed by atoms with Crippen LogP contribution in [0, 0.1) is 4.91 Å². The van der Waals surface area contributed by atoms with Gasteiger partial charge in [0.2, 0.25) is 0 Å². The van der Waals surface area contributed by atoms with Crippen molar-refractivity contribution in [1.29, 1.82) is 0 Å². The maximum Gasteiger partial charge on any atom is 0.317 e. The Balaban J connectivity index is 1.78. The molecule has 30 heavy (non-hydrogen) atoms. The highest BCUT2D eigenvalue weighted by Crippen LogP contribution is 2.34. The van der Waals surface area contributed by atoms with Gasteiger partial charge in [-0.2, -0.15) is 5.10 Å². The molecule has 0 spiro atoms.